The zero-order valence-electron chi connectivity index (χ0n) is 13.5. The molecule has 25 heavy (non-hydrogen) atoms. The van der Waals surface area contributed by atoms with Crippen molar-refractivity contribution < 1.29 is 19.1 Å². The van der Waals surface area contributed by atoms with Gasteiger partial charge in [-0.3, -0.25) is 0 Å². The molecule has 0 saturated heterocycles. The second-order valence-electron chi connectivity index (χ2n) is 5.28. The summed E-state index contributed by atoms with van der Waals surface area (Å²) in [5.41, 5.74) is 0.687. The van der Waals surface area contributed by atoms with E-state index in [0.29, 0.717) is 27.3 Å². The van der Waals surface area contributed by atoms with Crippen LogP contribution in [0.2, 0.25) is 5.02 Å². The molecule has 0 unspecified atom stereocenters. The second kappa shape index (κ2) is 7.36. The highest BCUT2D eigenvalue weighted by molar-refractivity contribution is 6.30. The maximum Gasteiger partial charge on any atom is 0.343 e. The summed E-state index contributed by atoms with van der Waals surface area (Å²) in [6.07, 6.45) is 0. The molecule has 0 aliphatic heterocycles. The fraction of sp³-hybridized carbons (Fsp3) is 0.100. The maximum absolute atomic E-state index is 12.4. The molecule has 0 heterocycles. The van der Waals surface area contributed by atoms with Crippen LogP contribution in [-0.2, 0) is 4.74 Å². The van der Waals surface area contributed by atoms with E-state index in [0.717, 1.165) is 5.39 Å². The van der Waals surface area contributed by atoms with E-state index in [4.69, 9.17) is 21.1 Å². The van der Waals surface area contributed by atoms with Crippen LogP contribution in [0.15, 0.2) is 60.7 Å². The molecule has 0 aromatic heterocycles. The Bertz CT molecular complexity index is 944. The molecule has 0 fully saturated rings. The lowest BCUT2D eigenvalue weighted by Crippen LogP contribution is -2.10. The van der Waals surface area contributed by atoms with Crippen LogP contribution in [0.1, 0.15) is 27.6 Å². The number of hydrogen-bond acceptors (Lipinski definition) is 4. The highest BCUT2D eigenvalue weighted by Gasteiger charge is 2.17. The molecule has 0 amide bonds. The Morgan fingerprint density at radius 3 is 2.40 bits per heavy atom. The normalized spacial score (nSPS) is 10.5. The van der Waals surface area contributed by atoms with Crippen LogP contribution >= 0.6 is 11.6 Å². The van der Waals surface area contributed by atoms with E-state index in [-0.39, 0.29) is 6.61 Å². The molecule has 0 atom stereocenters. The molecule has 3 rings (SSSR count). The number of hydrogen-bond donors (Lipinski definition) is 0. The van der Waals surface area contributed by atoms with E-state index in [1.807, 2.05) is 12.1 Å². The molecule has 0 radical (unpaired) electrons. The van der Waals surface area contributed by atoms with Crippen LogP contribution in [0.4, 0.5) is 0 Å². The summed E-state index contributed by atoms with van der Waals surface area (Å²) in [4.78, 5) is 24.7. The summed E-state index contributed by atoms with van der Waals surface area (Å²) in [5.74, 6) is -0.709. The van der Waals surface area contributed by atoms with Crippen molar-refractivity contribution in [3.63, 3.8) is 0 Å². The highest BCUT2D eigenvalue weighted by atomic mass is 35.5. The highest BCUT2D eigenvalue weighted by Crippen LogP contribution is 2.30. The number of carbonyl (C=O) groups excluding carboxylic acids is 2. The fourth-order valence-corrected chi connectivity index (χ4v) is 2.74. The van der Waals surface area contributed by atoms with Crippen molar-refractivity contribution in [2.24, 2.45) is 0 Å². The van der Waals surface area contributed by atoms with E-state index in [2.05, 4.69) is 0 Å². The van der Waals surface area contributed by atoms with Crippen LogP contribution in [-0.4, -0.2) is 18.5 Å². The number of carbonyl (C=O) groups is 2. The molecule has 0 saturated carbocycles. The lowest BCUT2D eigenvalue weighted by molar-refractivity contribution is 0.0527. The second-order valence-corrected chi connectivity index (χ2v) is 5.72. The first-order valence-electron chi connectivity index (χ1n) is 7.76. The maximum atomic E-state index is 12.4. The van der Waals surface area contributed by atoms with E-state index < -0.39 is 11.9 Å². The van der Waals surface area contributed by atoms with Crippen molar-refractivity contribution in [1.82, 2.24) is 0 Å². The number of esters is 2. The van der Waals surface area contributed by atoms with Crippen molar-refractivity contribution in [2.45, 2.75) is 6.92 Å². The lowest BCUT2D eigenvalue weighted by Gasteiger charge is -2.11. The molecule has 0 N–H and O–H groups in total. The first-order chi connectivity index (χ1) is 12.1. The quantitative estimate of drug-likeness (QED) is 0.494. The van der Waals surface area contributed by atoms with Gasteiger partial charge in [0, 0.05) is 10.4 Å². The van der Waals surface area contributed by atoms with Gasteiger partial charge >= 0.3 is 11.9 Å². The summed E-state index contributed by atoms with van der Waals surface area (Å²) in [6.45, 7) is 2.00. The van der Waals surface area contributed by atoms with E-state index in [9.17, 15) is 9.59 Å². The first-order valence-corrected chi connectivity index (χ1v) is 8.14. The van der Waals surface area contributed by atoms with Crippen molar-refractivity contribution in [1.29, 1.82) is 0 Å². The summed E-state index contributed by atoms with van der Waals surface area (Å²) in [7, 11) is 0. The number of fused-ring (bicyclic) bond motifs is 1. The Labute approximate surface area is 149 Å². The van der Waals surface area contributed by atoms with Gasteiger partial charge in [0.25, 0.3) is 0 Å². The largest absolute Gasteiger partial charge is 0.462 e. The zero-order chi connectivity index (χ0) is 17.8. The Hall–Kier alpha value is -2.85. The van der Waals surface area contributed by atoms with Gasteiger partial charge in [-0.2, -0.15) is 0 Å². The van der Waals surface area contributed by atoms with Crippen molar-refractivity contribution in [3.8, 4) is 5.75 Å². The summed E-state index contributed by atoms with van der Waals surface area (Å²) < 4.78 is 10.6. The first kappa shape index (κ1) is 17.0. The van der Waals surface area contributed by atoms with Gasteiger partial charge in [-0.05, 0) is 42.6 Å². The van der Waals surface area contributed by atoms with E-state index >= 15 is 0 Å². The van der Waals surface area contributed by atoms with E-state index in [1.54, 1.807) is 49.4 Å². The molecule has 3 aromatic carbocycles. The predicted molar refractivity (Wildman–Crippen MR) is 96.3 cm³/mol. The van der Waals surface area contributed by atoms with E-state index in [1.165, 1.54) is 6.07 Å². The SMILES string of the molecule is CCOC(=O)c1cccc2cccc(OC(=O)c3cccc(Cl)c3)c12. The average molecular weight is 355 g/mol. The van der Waals surface area contributed by atoms with Crippen LogP contribution < -0.4 is 4.74 Å². The standard InChI is InChI=1S/C20H15ClO4/c1-2-24-20(23)16-10-4-6-13-7-5-11-17(18(13)16)25-19(22)14-8-3-9-15(21)12-14/h3-12H,2H2,1H3. The van der Waals surface area contributed by atoms with Crippen molar-refractivity contribution in [3.05, 3.63) is 76.8 Å². The van der Waals surface area contributed by atoms with Crippen LogP contribution in [0, 0.1) is 0 Å². The van der Waals surface area contributed by atoms with Crippen molar-refractivity contribution >= 4 is 34.3 Å². The molecule has 0 aliphatic carbocycles. The monoisotopic (exact) mass is 354 g/mol. The Balaban J connectivity index is 2.04. The molecule has 0 bridgehead atoms. The molecule has 5 heteroatoms. The third-order valence-electron chi connectivity index (χ3n) is 3.62. The summed E-state index contributed by atoms with van der Waals surface area (Å²) in [6, 6.07) is 17.0. The van der Waals surface area contributed by atoms with Gasteiger partial charge in [0.15, 0.2) is 0 Å². The molecule has 0 aliphatic rings. The summed E-state index contributed by atoms with van der Waals surface area (Å²) >= 11 is 5.92. The van der Waals surface area contributed by atoms with Gasteiger partial charge in [0.2, 0.25) is 0 Å². The predicted octanol–water partition coefficient (Wildman–Crippen LogP) is 4.89. The minimum atomic E-state index is -0.548. The van der Waals surface area contributed by atoms with Gasteiger partial charge in [0.1, 0.15) is 5.75 Å². The molecule has 0 spiro atoms. The Morgan fingerprint density at radius 1 is 0.960 bits per heavy atom. The number of rotatable bonds is 4. The lowest BCUT2D eigenvalue weighted by atomic mass is 10.0. The fourth-order valence-electron chi connectivity index (χ4n) is 2.54. The molecular weight excluding hydrogens is 340 g/mol. The average Bonchev–Trinajstić information content (AvgIpc) is 2.61. The van der Waals surface area contributed by atoms with Gasteiger partial charge < -0.3 is 9.47 Å². The van der Waals surface area contributed by atoms with Crippen LogP contribution in [0.3, 0.4) is 0 Å². The van der Waals surface area contributed by atoms with Gasteiger partial charge in [0.05, 0.1) is 17.7 Å². The molecule has 3 aromatic rings. The van der Waals surface area contributed by atoms with Gasteiger partial charge in [-0.1, -0.05) is 41.9 Å². The van der Waals surface area contributed by atoms with Crippen LogP contribution in [0.5, 0.6) is 5.75 Å². The minimum Gasteiger partial charge on any atom is -0.462 e. The van der Waals surface area contributed by atoms with Crippen LogP contribution in [0.25, 0.3) is 10.8 Å². The molecule has 4 nitrogen and oxygen atoms in total. The van der Waals surface area contributed by atoms with Crippen molar-refractivity contribution in [2.75, 3.05) is 6.61 Å². The van der Waals surface area contributed by atoms with Gasteiger partial charge in [-0.25, -0.2) is 9.59 Å². The Kier molecular flexibility index (Phi) is 5.00. The number of halogens is 1. The molecule has 126 valence electrons. The number of ether oxygens (including phenoxy) is 2. The smallest absolute Gasteiger partial charge is 0.343 e. The topological polar surface area (TPSA) is 52.6 Å². The number of benzene rings is 3. The Morgan fingerprint density at radius 2 is 1.68 bits per heavy atom. The molecular formula is C20H15ClO4. The zero-order valence-corrected chi connectivity index (χ0v) is 14.2. The minimum absolute atomic E-state index is 0.264. The van der Waals surface area contributed by atoms with Gasteiger partial charge in [-0.15, -0.1) is 0 Å². The third-order valence-corrected chi connectivity index (χ3v) is 3.86. The third kappa shape index (κ3) is 3.64. The summed E-state index contributed by atoms with van der Waals surface area (Å²) in [5, 5.41) is 1.76.